The summed E-state index contributed by atoms with van der Waals surface area (Å²) in [6, 6.07) is 11.4. The molecular formula is C31H38FN7O2. The molecule has 1 aliphatic carbocycles. The summed E-state index contributed by atoms with van der Waals surface area (Å²) in [6.45, 7) is 9.74. The van der Waals surface area contributed by atoms with Gasteiger partial charge in [0.15, 0.2) is 0 Å². The standard InChI is InChI=1S/C31H38FN7O2/c1-19(30(4,5)32)34-16-21-12-24(37-26-25(21)41-17-29(26,2)3)27(40)36-23-9-7-8-22(13-23)31(14-20(15-31)10-11-33)28-38-35-18-39(28)6/h7-9,12-13,18-20,34H,10,14-17H2,1-6H3,(H,36,40)/t19-,20?,31?/m0/s1. The summed E-state index contributed by atoms with van der Waals surface area (Å²) in [5.74, 6) is 1.46. The van der Waals surface area contributed by atoms with Crippen molar-refractivity contribution in [2.24, 2.45) is 13.0 Å². The van der Waals surface area contributed by atoms with Crippen molar-refractivity contribution < 1.29 is 13.9 Å². The van der Waals surface area contributed by atoms with Crippen LogP contribution in [-0.4, -0.2) is 44.0 Å². The molecule has 5 rings (SSSR count). The molecule has 0 bridgehead atoms. The first-order valence-corrected chi connectivity index (χ1v) is 14.1. The van der Waals surface area contributed by atoms with Gasteiger partial charge in [-0.25, -0.2) is 9.37 Å². The second-order valence-corrected chi connectivity index (χ2v) is 12.7. The smallest absolute Gasteiger partial charge is 0.274 e. The molecule has 2 aliphatic rings. The van der Waals surface area contributed by atoms with Gasteiger partial charge in [-0.1, -0.05) is 26.0 Å². The van der Waals surface area contributed by atoms with Crippen LogP contribution in [0.1, 0.15) is 87.0 Å². The lowest BCUT2D eigenvalue weighted by Crippen LogP contribution is -2.44. The highest BCUT2D eigenvalue weighted by Gasteiger charge is 2.49. The summed E-state index contributed by atoms with van der Waals surface area (Å²) in [5, 5.41) is 24.0. The van der Waals surface area contributed by atoms with Crippen LogP contribution in [0.3, 0.4) is 0 Å². The highest BCUT2D eigenvalue weighted by Crippen LogP contribution is 2.53. The molecule has 1 saturated carbocycles. The van der Waals surface area contributed by atoms with Crippen molar-refractivity contribution in [1.82, 2.24) is 25.1 Å². The molecule has 1 aliphatic heterocycles. The lowest BCUT2D eigenvalue weighted by atomic mass is 9.57. The Kier molecular flexibility index (Phi) is 7.36. The molecular weight excluding hydrogens is 521 g/mol. The molecule has 41 heavy (non-hydrogen) atoms. The van der Waals surface area contributed by atoms with E-state index in [-0.39, 0.29) is 28.3 Å². The summed E-state index contributed by atoms with van der Waals surface area (Å²) in [6.07, 6.45) is 3.76. The molecule has 1 fully saturated rings. The Labute approximate surface area is 240 Å². The van der Waals surface area contributed by atoms with Crippen LogP contribution in [0.4, 0.5) is 10.1 Å². The molecule has 0 unspecified atom stereocenters. The second-order valence-electron chi connectivity index (χ2n) is 12.7. The van der Waals surface area contributed by atoms with E-state index >= 15 is 0 Å². The van der Waals surface area contributed by atoms with Crippen LogP contribution in [0.15, 0.2) is 36.7 Å². The average Bonchev–Trinajstić information content (AvgIpc) is 3.46. The van der Waals surface area contributed by atoms with E-state index in [4.69, 9.17) is 9.72 Å². The van der Waals surface area contributed by atoms with Crippen LogP contribution >= 0.6 is 0 Å². The van der Waals surface area contributed by atoms with Gasteiger partial charge in [-0.3, -0.25) is 4.79 Å². The molecule has 3 heterocycles. The van der Waals surface area contributed by atoms with Gasteiger partial charge in [0.2, 0.25) is 0 Å². The highest BCUT2D eigenvalue weighted by atomic mass is 19.1. The van der Waals surface area contributed by atoms with E-state index < -0.39 is 11.7 Å². The zero-order valence-corrected chi connectivity index (χ0v) is 24.6. The average molecular weight is 560 g/mol. The van der Waals surface area contributed by atoms with Crippen LogP contribution in [0.2, 0.25) is 0 Å². The number of nitriles is 1. The number of nitrogens with zero attached hydrogens (tertiary/aromatic N) is 5. The van der Waals surface area contributed by atoms with Gasteiger partial charge in [0.1, 0.15) is 29.3 Å². The third-order valence-electron chi connectivity index (χ3n) is 8.60. The minimum Gasteiger partial charge on any atom is -0.490 e. The number of pyridine rings is 1. The maximum Gasteiger partial charge on any atom is 0.274 e. The number of aromatic nitrogens is 4. The number of alkyl halides is 1. The summed E-state index contributed by atoms with van der Waals surface area (Å²) >= 11 is 0. The summed E-state index contributed by atoms with van der Waals surface area (Å²) in [7, 11) is 1.92. The fourth-order valence-electron chi connectivity index (χ4n) is 5.83. The number of ether oxygens (including phenoxy) is 1. The van der Waals surface area contributed by atoms with E-state index in [2.05, 4.69) is 26.9 Å². The SMILES string of the molecule is C[C@H](NCc1cc(C(=O)Nc2cccc(C3(c4nncn4C)CC(CC#N)C3)c2)nc2c1OCC2(C)C)C(C)(C)F. The van der Waals surface area contributed by atoms with Gasteiger partial charge in [0, 0.05) is 42.7 Å². The number of anilines is 1. The first-order chi connectivity index (χ1) is 19.3. The van der Waals surface area contributed by atoms with Gasteiger partial charge in [-0.05, 0) is 63.3 Å². The second kappa shape index (κ2) is 10.5. The number of benzene rings is 1. The first kappa shape index (κ1) is 28.7. The van der Waals surface area contributed by atoms with Crippen LogP contribution < -0.4 is 15.4 Å². The topological polar surface area (TPSA) is 118 Å². The van der Waals surface area contributed by atoms with Crippen LogP contribution in [0.25, 0.3) is 0 Å². The monoisotopic (exact) mass is 559 g/mol. The van der Waals surface area contributed by atoms with Crippen molar-refractivity contribution in [3.63, 3.8) is 0 Å². The van der Waals surface area contributed by atoms with Gasteiger partial charge in [-0.2, -0.15) is 5.26 Å². The molecule has 2 N–H and O–H groups in total. The molecule has 216 valence electrons. The number of carbonyl (C=O) groups is 1. The van der Waals surface area contributed by atoms with Crippen molar-refractivity contribution in [2.75, 3.05) is 11.9 Å². The lowest BCUT2D eigenvalue weighted by molar-refractivity contribution is 0.102. The van der Waals surface area contributed by atoms with Gasteiger partial charge in [0.25, 0.3) is 5.91 Å². The molecule has 0 radical (unpaired) electrons. The predicted octanol–water partition coefficient (Wildman–Crippen LogP) is 4.97. The molecule has 1 aromatic carbocycles. The number of rotatable bonds is 9. The number of nitrogens with one attached hydrogen (secondary N) is 2. The number of amides is 1. The molecule has 0 saturated heterocycles. The summed E-state index contributed by atoms with van der Waals surface area (Å²) in [4.78, 5) is 18.3. The van der Waals surface area contributed by atoms with E-state index in [9.17, 15) is 14.4 Å². The molecule has 10 heteroatoms. The van der Waals surface area contributed by atoms with E-state index in [1.54, 1.807) is 19.3 Å². The van der Waals surface area contributed by atoms with E-state index in [0.717, 1.165) is 35.5 Å². The third kappa shape index (κ3) is 5.43. The number of aryl methyl sites for hydroxylation is 1. The maximum absolute atomic E-state index is 14.5. The van der Waals surface area contributed by atoms with Gasteiger partial charge in [0.05, 0.1) is 23.8 Å². The molecule has 0 spiro atoms. The zero-order chi connectivity index (χ0) is 29.6. The van der Waals surface area contributed by atoms with Gasteiger partial charge < -0.3 is 19.9 Å². The Morgan fingerprint density at radius 2 is 2.07 bits per heavy atom. The Balaban J connectivity index is 1.42. The lowest BCUT2D eigenvalue weighted by Gasteiger charge is -2.46. The number of carbonyl (C=O) groups excluding carboxylic acids is 1. The van der Waals surface area contributed by atoms with Crippen LogP contribution in [-0.2, 0) is 24.4 Å². The first-order valence-electron chi connectivity index (χ1n) is 14.1. The van der Waals surface area contributed by atoms with E-state index in [0.29, 0.717) is 31.0 Å². The zero-order valence-electron chi connectivity index (χ0n) is 24.6. The quantitative estimate of drug-likeness (QED) is 0.380. The molecule has 1 atom stereocenters. The van der Waals surface area contributed by atoms with Crippen molar-refractivity contribution in [2.45, 2.75) is 83.0 Å². The minimum atomic E-state index is -1.40. The number of halogens is 1. The van der Waals surface area contributed by atoms with Crippen molar-refractivity contribution in [3.05, 3.63) is 65.0 Å². The Bertz CT molecular complexity index is 1490. The third-order valence-corrected chi connectivity index (χ3v) is 8.60. The largest absolute Gasteiger partial charge is 0.490 e. The van der Waals surface area contributed by atoms with Crippen molar-refractivity contribution >= 4 is 11.6 Å². The van der Waals surface area contributed by atoms with Crippen molar-refractivity contribution in [1.29, 1.82) is 5.26 Å². The molecule has 1 amide bonds. The van der Waals surface area contributed by atoms with Crippen LogP contribution in [0.5, 0.6) is 5.75 Å². The Morgan fingerprint density at radius 3 is 2.73 bits per heavy atom. The fraction of sp³-hybridized carbons (Fsp3) is 0.516. The predicted molar refractivity (Wildman–Crippen MR) is 153 cm³/mol. The van der Waals surface area contributed by atoms with E-state index in [1.807, 2.05) is 49.7 Å². The van der Waals surface area contributed by atoms with Crippen LogP contribution in [0, 0.1) is 17.2 Å². The van der Waals surface area contributed by atoms with Gasteiger partial charge >= 0.3 is 0 Å². The molecule has 9 nitrogen and oxygen atoms in total. The van der Waals surface area contributed by atoms with Gasteiger partial charge in [-0.15, -0.1) is 10.2 Å². The highest BCUT2D eigenvalue weighted by molar-refractivity contribution is 6.03. The normalized spacial score (nSPS) is 21.8. The molecule has 2 aromatic heterocycles. The Morgan fingerprint density at radius 1 is 1.32 bits per heavy atom. The maximum atomic E-state index is 14.5. The van der Waals surface area contributed by atoms with E-state index in [1.165, 1.54) is 13.8 Å². The Hall–Kier alpha value is -3.84. The minimum absolute atomic E-state index is 0.275. The number of hydrogen-bond donors (Lipinski definition) is 2. The fourth-order valence-corrected chi connectivity index (χ4v) is 5.83. The van der Waals surface area contributed by atoms with Crippen molar-refractivity contribution in [3.8, 4) is 11.8 Å². The summed E-state index contributed by atoms with van der Waals surface area (Å²) in [5.41, 5.74) is 1.29. The number of hydrogen-bond acceptors (Lipinski definition) is 7. The number of fused-ring (bicyclic) bond motifs is 1. The molecule has 3 aromatic rings. The summed E-state index contributed by atoms with van der Waals surface area (Å²) < 4.78 is 22.4.